The smallest absolute Gasteiger partial charge is 0.416 e. The topological polar surface area (TPSA) is 76.0 Å². The van der Waals surface area contributed by atoms with E-state index in [0.29, 0.717) is 24.3 Å². The molecule has 1 aromatic rings. The number of halogens is 3. The number of hydrogen-bond acceptors (Lipinski definition) is 5. The summed E-state index contributed by atoms with van der Waals surface area (Å²) in [6, 6.07) is 4.59. The van der Waals surface area contributed by atoms with Gasteiger partial charge in [0.05, 0.1) is 25.6 Å². The number of carbonyl (C=O) groups excluding carboxylic acids is 3. The van der Waals surface area contributed by atoms with Crippen molar-refractivity contribution in [3.8, 4) is 0 Å². The van der Waals surface area contributed by atoms with E-state index in [4.69, 9.17) is 4.99 Å². The van der Waals surface area contributed by atoms with Gasteiger partial charge in [-0.1, -0.05) is 65.0 Å². The average Bonchev–Trinajstić information content (AvgIpc) is 3.17. The molecule has 9 heteroatoms. The molecule has 1 amide bonds. The van der Waals surface area contributed by atoms with Crippen molar-refractivity contribution in [2.45, 2.75) is 85.5 Å². The summed E-state index contributed by atoms with van der Waals surface area (Å²) in [6.45, 7) is 11.9. The first-order chi connectivity index (χ1) is 18.7. The number of ketones is 1. The fourth-order valence-corrected chi connectivity index (χ4v) is 5.16. The molecule has 0 unspecified atom stereocenters. The zero-order chi connectivity index (χ0) is 30.3. The number of benzene rings is 1. The van der Waals surface area contributed by atoms with Crippen molar-refractivity contribution < 1.29 is 32.3 Å². The number of aliphatic imine (C=N–C) groups is 1. The number of ether oxygens (including phenoxy) is 1. The van der Waals surface area contributed by atoms with Gasteiger partial charge >= 0.3 is 12.1 Å². The molecule has 0 radical (unpaired) electrons. The van der Waals surface area contributed by atoms with Crippen LogP contribution in [0.5, 0.6) is 0 Å². The Kier molecular flexibility index (Phi) is 11.1. The Morgan fingerprint density at radius 3 is 2.30 bits per heavy atom. The monoisotopic (exact) mass is 562 g/mol. The lowest BCUT2D eigenvalue weighted by atomic mass is 9.69. The molecule has 0 saturated heterocycles. The fraction of sp³-hybridized carbons (Fsp3) is 0.548. The van der Waals surface area contributed by atoms with Crippen molar-refractivity contribution in [3.63, 3.8) is 0 Å². The van der Waals surface area contributed by atoms with Crippen molar-refractivity contribution >= 4 is 23.4 Å². The predicted molar refractivity (Wildman–Crippen MR) is 150 cm³/mol. The average molecular weight is 563 g/mol. The molecule has 2 aliphatic rings. The molecule has 0 aromatic heterocycles. The minimum Gasteiger partial charge on any atom is -0.469 e. The predicted octanol–water partition coefficient (Wildman–Crippen LogP) is 6.93. The van der Waals surface area contributed by atoms with E-state index >= 15 is 0 Å². The summed E-state index contributed by atoms with van der Waals surface area (Å²) in [4.78, 5) is 44.5. The first kappa shape index (κ1) is 33.0. The van der Waals surface area contributed by atoms with Gasteiger partial charge < -0.3 is 9.64 Å². The van der Waals surface area contributed by atoms with Crippen LogP contribution in [0.15, 0.2) is 53.1 Å². The van der Waals surface area contributed by atoms with Crippen LogP contribution in [0.25, 0.3) is 0 Å². The normalized spacial score (nSPS) is 21.8. The molecule has 1 fully saturated rings. The van der Waals surface area contributed by atoms with E-state index in [9.17, 15) is 27.6 Å². The Labute approximate surface area is 235 Å². The molecule has 1 aliphatic heterocycles. The second kappa shape index (κ2) is 13.4. The standard InChI is InChI=1S/C29H35F3N2O4.C2H6/c1-6-19(9-8-12-24(36)38-5)23(35)18-34-26(37)25(20-10-7-11-22(17-20)29(30,31)32)33-28(34)15-13-21(14-16-28)27(2,3)4;1-2/h6-11,17,21H,12-16,18H2,1-5H3;1-2H3/b9-8-,19-6+;. The van der Waals surface area contributed by atoms with Crippen molar-refractivity contribution in [2.75, 3.05) is 13.7 Å². The second-order valence-corrected chi connectivity index (χ2v) is 10.9. The van der Waals surface area contributed by atoms with Crippen LogP contribution in [0.4, 0.5) is 13.2 Å². The van der Waals surface area contributed by atoms with Crippen molar-refractivity contribution in [3.05, 3.63) is 59.2 Å². The summed E-state index contributed by atoms with van der Waals surface area (Å²) in [6.07, 6.45) is 2.62. The zero-order valence-electron chi connectivity index (χ0n) is 24.5. The molecule has 1 heterocycles. The zero-order valence-corrected chi connectivity index (χ0v) is 24.5. The number of Topliss-reactive ketones (excluding diaryl/α,β-unsaturated/α-hetero) is 1. The second-order valence-electron chi connectivity index (χ2n) is 10.9. The number of hydrogen-bond donors (Lipinski definition) is 0. The van der Waals surface area contributed by atoms with E-state index in [2.05, 4.69) is 25.5 Å². The quantitative estimate of drug-likeness (QED) is 0.205. The Balaban J connectivity index is 0.00000274. The minimum absolute atomic E-state index is 0.00923. The van der Waals surface area contributed by atoms with Crippen LogP contribution < -0.4 is 0 Å². The van der Waals surface area contributed by atoms with Crippen LogP contribution in [0, 0.1) is 11.3 Å². The van der Waals surface area contributed by atoms with Gasteiger partial charge in [0, 0.05) is 11.1 Å². The Bertz CT molecular complexity index is 1170. The molecule has 0 bridgehead atoms. The lowest BCUT2D eigenvalue weighted by Gasteiger charge is -2.44. The molecule has 1 aromatic carbocycles. The molecule has 3 rings (SSSR count). The van der Waals surface area contributed by atoms with Crippen LogP contribution in [0.1, 0.15) is 84.8 Å². The molecule has 6 nitrogen and oxygen atoms in total. The number of allylic oxidation sites excluding steroid dienone is 2. The maximum Gasteiger partial charge on any atom is 0.416 e. The van der Waals surface area contributed by atoms with E-state index in [1.807, 2.05) is 13.8 Å². The van der Waals surface area contributed by atoms with E-state index in [1.54, 1.807) is 13.0 Å². The molecule has 1 spiro atoms. The van der Waals surface area contributed by atoms with Crippen LogP contribution in [0.2, 0.25) is 0 Å². The van der Waals surface area contributed by atoms with Crippen molar-refractivity contribution in [1.82, 2.24) is 4.90 Å². The Hall–Kier alpha value is -3.23. The number of alkyl halides is 3. The van der Waals surface area contributed by atoms with Gasteiger partial charge in [-0.2, -0.15) is 13.2 Å². The summed E-state index contributed by atoms with van der Waals surface area (Å²) < 4.78 is 44.8. The molecular formula is C31H41F3N2O4. The molecule has 0 N–H and O–H groups in total. The number of amides is 1. The number of methoxy groups -OCH3 is 1. The maximum atomic E-state index is 13.7. The summed E-state index contributed by atoms with van der Waals surface area (Å²) in [7, 11) is 1.27. The molecular weight excluding hydrogens is 521 g/mol. The highest BCUT2D eigenvalue weighted by atomic mass is 19.4. The van der Waals surface area contributed by atoms with Crippen LogP contribution in [0.3, 0.4) is 0 Å². The maximum absolute atomic E-state index is 13.7. The Morgan fingerprint density at radius 1 is 1.15 bits per heavy atom. The van der Waals surface area contributed by atoms with Gasteiger partial charge in [-0.05, 0) is 56.1 Å². The number of nitrogens with zero attached hydrogens (tertiary/aromatic N) is 2. The van der Waals surface area contributed by atoms with Gasteiger partial charge in [-0.15, -0.1) is 0 Å². The lowest BCUT2D eigenvalue weighted by molar-refractivity contribution is -0.139. The van der Waals surface area contributed by atoms with Crippen LogP contribution >= 0.6 is 0 Å². The van der Waals surface area contributed by atoms with E-state index in [-0.39, 0.29) is 35.4 Å². The number of carbonyl (C=O) groups is 3. The number of rotatable bonds is 7. The van der Waals surface area contributed by atoms with Crippen molar-refractivity contribution in [1.29, 1.82) is 0 Å². The molecule has 220 valence electrons. The van der Waals surface area contributed by atoms with Gasteiger partial charge in [0.2, 0.25) is 0 Å². The highest BCUT2D eigenvalue weighted by Crippen LogP contribution is 2.46. The first-order valence-corrected chi connectivity index (χ1v) is 13.7. The summed E-state index contributed by atoms with van der Waals surface area (Å²) in [5, 5.41) is 0. The molecule has 40 heavy (non-hydrogen) atoms. The largest absolute Gasteiger partial charge is 0.469 e. The van der Waals surface area contributed by atoms with E-state index in [1.165, 1.54) is 36.3 Å². The highest BCUT2D eigenvalue weighted by Gasteiger charge is 2.50. The van der Waals surface area contributed by atoms with Gasteiger partial charge in [0.25, 0.3) is 5.91 Å². The number of esters is 1. The summed E-state index contributed by atoms with van der Waals surface area (Å²) in [5.74, 6) is -0.964. The fourth-order valence-electron chi connectivity index (χ4n) is 5.16. The SMILES string of the molecule is C/C=C(\C=C/CC(=O)OC)C(=O)CN1C(=O)C(c2cccc(C(F)(F)F)c2)=NC12CCC(C(C)(C)C)CC2.CC. The van der Waals surface area contributed by atoms with E-state index in [0.717, 1.165) is 25.0 Å². The van der Waals surface area contributed by atoms with Crippen LogP contribution in [-0.2, 0) is 25.3 Å². The molecule has 1 aliphatic carbocycles. The lowest BCUT2D eigenvalue weighted by Crippen LogP contribution is -2.51. The van der Waals surface area contributed by atoms with Crippen molar-refractivity contribution in [2.24, 2.45) is 16.3 Å². The first-order valence-electron chi connectivity index (χ1n) is 13.7. The Morgan fingerprint density at radius 2 is 1.77 bits per heavy atom. The summed E-state index contributed by atoms with van der Waals surface area (Å²) >= 11 is 0. The summed E-state index contributed by atoms with van der Waals surface area (Å²) in [5.41, 5.74) is -1.46. The third kappa shape index (κ3) is 7.70. The van der Waals surface area contributed by atoms with Gasteiger partial charge in [-0.3, -0.25) is 19.4 Å². The minimum atomic E-state index is -4.56. The van der Waals surface area contributed by atoms with Gasteiger partial charge in [0.15, 0.2) is 5.78 Å². The third-order valence-electron chi connectivity index (χ3n) is 7.49. The highest BCUT2D eigenvalue weighted by molar-refractivity contribution is 6.47. The molecule has 0 atom stereocenters. The third-order valence-corrected chi connectivity index (χ3v) is 7.49. The van der Waals surface area contributed by atoms with Gasteiger partial charge in [-0.25, -0.2) is 0 Å². The van der Waals surface area contributed by atoms with Gasteiger partial charge in [0.1, 0.15) is 11.4 Å². The molecule has 1 saturated carbocycles. The van der Waals surface area contributed by atoms with Crippen LogP contribution in [-0.4, -0.2) is 47.6 Å². The van der Waals surface area contributed by atoms with E-state index < -0.39 is 29.3 Å².